The van der Waals surface area contributed by atoms with E-state index in [9.17, 15) is 4.79 Å². The smallest absolute Gasteiger partial charge is 0.227 e. The Morgan fingerprint density at radius 2 is 2.12 bits per heavy atom. The molecule has 0 aromatic carbocycles. The van der Waals surface area contributed by atoms with Gasteiger partial charge in [0.2, 0.25) is 5.91 Å². The van der Waals surface area contributed by atoms with E-state index in [-0.39, 0.29) is 17.3 Å². The Kier molecular flexibility index (Phi) is 5.69. The first-order valence-corrected chi connectivity index (χ1v) is 6.32. The Morgan fingerprint density at radius 1 is 1.50 bits per heavy atom. The van der Waals surface area contributed by atoms with E-state index in [0.717, 1.165) is 32.5 Å². The van der Waals surface area contributed by atoms with Crippen LogP contribution < -0.4 is 11.1 Å². The van der Waals surface area contributed by atoms with Crippen molar-refractivity contribution in [2.24, 2.45) is 5.73 Å². The lowest BCUT2D eigenvalue weighted by atomic mass is 10.0. The highest BCUT2D eigenvalue weighted by atomic mass is 32.1. The minimum absolute atomic E-state index is 0.0403. The number of nitrogens with two attached hydrogens (primary N) is 1. The van der Waals surface area contributed by atoms with Crippen LogP contribution in [0.1, 0.15) is 32.6 Å². The van der Waals surface area contributed by atoms with Gasteiger partial charge in [0.1, 0.15) is 0 Å². The number of carbonyl (C=O) groups excluding carboxylic acids is 1. The van der Waals surface area contributed by atoms with Gasteiger partial charge >= 0.3 is 0 Å². The van der Waals surface area contributed by atoms with Crippen molar-refractivity contribution in [1.29, 1.82) is 0 Å². The Hall–Kier alpha value is -0.680. The zero-order valence-corrected chi connectivity index (χ0v) is 10.7. The summed E-state index contributed by atoms with van der Waals surface area (Å²) in [6, 6.07) is 0.301. The summed E-state index contributed by atoms with van der Waals surface area (Å²) < 4.78 is 0. The van der Waals surface area contributed by atoms with Gasteiger partial charge in [0.05, 0.1) is 11.4 Å². The molecule has 0 spiro atoms. The zero-order valence-electron chi connectivity index (χ0n) is 9.87. The molecular weight excluding hydrogens is 222 g/mol. The Morgan fingerprint density at radius 3 is 2.62 bits per heavy atom. The van der Waals surface area contributed by atoms with Gasteiger partial charge in [0.15, 0.2) is 0 Å². The molecule has 1 heterocycles. The number of hydrogen-bond acceptors (Lipinski definition) is 3. The molecule has 0 saturated carbocycles. The molecule has 1 amide bonds. The fraction of sp³-hybridized carbons (Fsp3) is 0.818. The molecule has 1 fully saturated rings. The average molecular weight is 243 g/mol. The summed E-state index contributed by atoms with van der Waals surface area (Å²) in [5, 5.41) is 2.98. The molecule has 0 radical (unpaired) electrons. The first-order chi connectivity index (χ1) is 7.61. The molecule has 16 heavy (non-hydrogen) atoms. The predicted molar refractivity (Wildman–Crippen MR) is 69.3 cm³/mol. The van der Waals surface area contributed by atoms with Gasteiger partial charge in [-0.2, -0.15) is 0 Å². The molecule has 0 aromatic heterocycles. The van der Waals surface area contributed by atoms with E-state index in [1.807, 2.05) is 0 Å². The van der Waals surface area contributed by atoms with Crippen molar-refractivity contribution in [2.45, 2.75) is 38.6 Å². The highest BCUT2D eigenvalue weighted by molar-refractivity contribution is 7.80. The van der Waals surface area contributed by atoms with Gasteiger partial charge in [-0.1, -0.05) is 19.1 Å². The number of hydrogen-bond donors (Lipinski definition) is 2. The van der Waals surface area contributed by atoms with Gasteiger partial charge < -0.3 is 16.0 Å². The molecule has 1 aliphatic rings. The van der Waals surface area contributed by atoms with Crippen molar-refractivity contribution in [2.75, 3.05) is 19.6 Å². The third kappa shape index (κ3) is 4.90. The normalized spacial score (nSPS) is 18.3. The first-order valence-electron chi connectivity index (χ1n) is 5.91. The highest BCUT2D eigenvalue weighted by Crippen LogP contribution is 2.10. The van der Waals surface area contributed by atoms with Crippen LogP contribution in [0.4, 0.5) is 0 Å². The number of rotatable bonds is 5. The van der Waals surface area contributed by atoms with E-state index in [0.29, 0.717) is 6.04 Å². The second kappa shape index (κ2) is 6.81. The lowest BCUT2D eigenvalue weighted by molar-refractivity contribution is -0.120. The van der Waals surface area contributed by atoms with E-state index < -0.39 is 0 Å². The minimum Gasteiger partial charge on any atom is -0.393 e. The number of likely N-dealkylation sites (tertiary alicyclic amines) is 1. The van der Waals surface area contributed by atoms with E-state index in [4.69, 9.17) is 18.0 Å². The summed E-state index contributed by atoms with van der Waals surface area (Å²) in [4.78, 5) is 14.1. The van der Waals surface area contributed by atoms with E-state index >= 15 is 0 Å². The van der Waals surface area contributed by atoms with Crippen molar-refractivity contribution >= 4 is 23.1 Å². The maximum Gasteiger partial charge on any atom is 0.227 e. The number of nitrogens with one attached hydrogen (secondary N) is 1. The quantitative estimate of drug-likeness (QED) is 0.696. The summed E-state index contributed by atoms with van der Waals surface area (Å²) in [6.45, 7) is 5.50. The molecule has 0 bridgehead atoms. The Bertz CT molecular complexity index is 250. The first kappa shape index (κ1) is 13.4. The largest absolute Gasteiger partial charge is 0.393 e. The van der Waals surface area contributed by atoms with Gasteiger partial charge in [-0.25, -0.2) is 0 Å². The minimum atomic E-state index is -0.0403. The molecule has 0 aliphatic carbocycles. The van der Waals surface area contributed by atoms with Crippen LogP contribution >= 0.6 is 12.2 Å². The highest BCUT2D eigenvalue weighted by Gasteiger charge is 2.19. The molecule has 5 heteroatoms. The maximum atomic E-state index is 11.4. The van der Waals surface area contributed by atoms with Crippen LogP contribution in [-0.4, -0.2) is 41.5 Å². The van der Waals surface area contributed by atoms with Gasteiger partial charge in [0, 0.05) is 19.1 Å². The van der Waals surface area contributed by atoms with E-state index in [1.54, 1.807) is 0 Å². The van der Waals surface area contributed by atoms with Gasteiger partial charge in [-0.3, -0.25) is 4.79 Å². The maximum absolute atomic E-state index is 11.4. The summed E-state index contributed by atoms with van der Waals surface area (Å²) in [6.07, 6.45) is 3.43. The number of piperidine rings is 1. The van der Waals surface area contributed by atoms with Crippen molar-refractivity contribution in [3.05, 3.63) is 0 Å². The molecule has 1 rings (SSSR count). The van der Waals surface area contributed by atoms with E-state index in [2.05, 4.69) is 17.1 Å². The second-order valence-corrected chi connectivity index (χ2v) is 4.85. The molecule has 0 atom stereocenters. The Balaban J connectivity index is 2.21. The summed E-state index contributed by atoms with van der Waals surface area (Å²) in [7, 11) is 0. The van der Waals surface area contributed by atoms with E-state index in [1.165, 1.54) is 6.42 Å². The van der Waals surface area contributed by atoms with Gasteiger partial charge in [-0.05, 0) is 25.8 Å². The van der Waals surface area contributed by atoms with Crippen LogP contribution in [-0.2, 0) is 4.79 Å². The molecule has 4 nitrogen and oxygen atoms in total. The fourth-order valence-corrected chi connectivity index (χ4v) is 2.19. The average Bonchev–Trinajstić information content (AvgIpc) is 2.20. The van der Waals surface area contributed by atoms with Crippen LogP contribution in [0.25, 0.3) is 0 Å². The van der Waals surface area contributed by atoms with Crippen LogP contribution in [0.15, 0.2) is 0 Å². The standard InChI is InChI=1S/C11H21N3OS/c1-2-5-14-6-3-9(4-7-14)13-11(15)8-10(12)16/h9H,2-8H2,1H3,(H2,12,16)(H,13,15). The van der Waals surface area contributed by atoms with Gasteiger partial charge in [0.25, 0.3) is 0 Å². The summed E-state index contributed by atoms with van der Waals surface area (Å²) in [5.41, 5.74) is 5.32. The number of carbonyl (C=O) groups is 1. The number of nitrogens with zero attached hydrogens (tertiary/aromatic N) is 1. The molecule has 0 unspecified atom stereocenters. The predicted octanol–water partition coefficient (Wildman–Crippen LogP) is 0.653. The summed E-state index contributed by atoms with van der Waals surface area (Å²) in [5.74, 6) is -0.0403. The SMILES string of the molecule is CCCN1CCC(NC(=O)CC(N)=S)CC1. The van der Waals surface area contributed by atoms with Crippen molar-refractivity contribution in [3.8, 4) is 0 Å². The molecular formula is C11H21N3OS. The topological polar surface area (TPSA) is 58.4 Å². The van der Waals surface area contributed by atoms with Crippen molar-refractivity contribution < 1.29 is 4.79 Å². The van der Waals surface area contributed by atoms with Crippen LogP contribution in [0.2, 0.25) is 0 Å². The fourth-order valence-electron chi connectivity index (χ4n) is 2.05. The zero-order chi connectivity index (χ0) is 12.0. The third-order valence-corrected chi connectivity index (χ3v) is 2.97. The molecule has 3 N–H and O–H groups in total. The molecule has 1 saturated heterocycles. The number of amides is 1. The van der Waals surface area contributed by atoms with Crippen LogP contribution in [0.3, 0.4) is 0 Å². The second-order valence-electron chi connectivity index (χ2n) is 4.33. The molecule has 1 aliphatic heterocycles. The molecule has 92 valence electrons. The van der Waals surface area contributed by atoms with Crippen LogP contribution in [0, 0.1) is 0 Å². The Labute approximate surface area is 103 Å². The lowest BCUT2D eigenvalue weighted by Gasteiger charge is -2.32. The third-order valence-electron chi connectivity index (χ3n) is 2.83. The van der Waals surface area contributed by atoms with Crippen molar-refractivity contribution in [1.82, 2.24) is 10.2 Å². The van der Waals surface area contributed by atoms with Crippen LogP contribution in [0.5, 0.6) is 0 Å². The monoisotopic (exact) mass is 243 g/mol. The van der Waals surface area contributed by atoms with Gasteiger partial charge in [-0.15, -0.1) is 0 Å². The number of thiocarbonyl (C=S) groups is 1. The molecule has 0 aromatic rings. The van der Waals surface area contributed by atoms with Crippen molar-refractivity contribution in [3.63, 3.8) is 0 Å². The summed E-state index contributed by atoms with van der Waals surface area (Å²) >= 11 is 4.70. The lowest BCUT2D eigenvalue weighted by Crippen LogP contribution is -2.45.